The van der Waals surface area contributed by atoms with Crippen molar-refractivity contribution < 1.29 is 18.0 Å². The quantitative estimate of drug-likeness (QED) is 0.493. The second-order valence-corrected chi connectivity index (χ2v) is 10.5. The predicted octanol–water partition coefficient (Wildman–Crippen LogP) is 3.79. The van der Waals surface area contributed by atoms with Gasteiger partial charge in [-0.2, -0.15) is 0 Å². The summed E-state index contributed by atoms with van der Waals surface area (Å²) in [5, 5.41) is 2.83. The molecule has 186 valence electrons. The van der Waals surface area contributed by atoms with Crippen molar-refractivity contribution >= 4 is 27.5 Å². The fourth-order valence-electron chi connectivity index (χ4n) is 3.82. The summed E-state index contributed by atoms with van der Waals surface area (Å²) in [5.74, 6) is -0.348. The highest BCUT2D eigenvalue weighted by atomic mass is 32.2. The number of carbonyl (C=O) groups excluding carboxylic acids is 2. The van der Waals surface area contributed by atoms with Crippen LogP contribution in [0.15, 0.2) is 48.5 Å². The number of hydrogen-bond donors (Lipinski definition) is 1. The first-order valence-electron chi connectivity index (χ1n) is 11.7. The second-order valence-electron chi connectivity index (χ2n) is 8.60. The van der Waals surface area contributed by atoms with Crippen molar-refractivity contribution in [2.45, 2.75) is 59.5 Å². The van der Waals surface area contributed by atoms with E-state index in [9.17, 15) is 18.0 Å². The summed E-state index contributed by atoms with van der Waals surface area (Å²) in [5.41, 5.74) is 3.68. The zero-order chi connectivity index (χ0) is 25.3. The summed E-state index contributed by atoms with van der Waals surface area (Å²) in [6.07, 6.45) is 2.14. The molecule has 2 rings (SSSR count). The molecule has 0 spiro atoms. The van der Waals surface area contributed by atoms with Crippen molar-refractivity contribution in [3.8, 4) is 0 Å². The van der Waals surface area contributed by atoms with Crippen LogP contribution in [-0.4, -0.2) is 50.5 Å². The van der Waals surface area contributed by atoms with E-state index in [1.807, 2.05) is 64.1 Å². The van der Waals surface area contributed by atoms with Crippen LogP contribution >= 0.6 is 0 Å². The minimum atomic E-state index is -3.50. The number of rotatable bonds is 12. The van der Waals surface area contributed by atoms with Gasteiger partial charge >= 0.3 is 0 Å². The molecule has 0 bridgehead atoms. The Labute approximate surface area is 204 Å². The maximum absolute atomic E-state index is 13.3. The molecule has 8 heteroatoms. The van der Waals surface area contributed by atoms with Crippen LogP contribution < -0.4 is 9.62 Å². The van der Waals surface area contributed by atoms with Crippen LogP contribution in [0.25, 0.3) is 0 Å². The summed E-state index contributed by atoms with van der Waals surface area (Å²) in [7, 11) is -3.50. The smallest absolute Gasteiger partial charge is 0.242 e. The first-order chi connectivity index (χ1) is 16.1. The molecular formula is C26H37N3O4S. The Morgan fingerprint density at radius 1 is 0.941 bits per heavy atom. The van der Waals surface area contributed by atoms with Gasteiger partial charge in [-0.25, -0.2) is 8.42 Å². The molecule has 0 aromatic heterocycles. The number of hydrogen-bond acceptors (Lipinski definition) is 4. The fraction of sp³-hybridized carbons (Fsp3) is 0.462. The van der Waals surface area contributed by atoms with Gasteiger partial charge in [0.2, 0.25) is 21.8 Å². The third kappa shape index (κ3) is 7.87. The number of likely N-dealkylation sites (N-methyl/N-ethyl adjacent to an activating group) is 1. The maximum atomic E-state index is 13.3. The first-order valence-corrected chi connectivity index (χ1v) is 13.6. The Morgan fingerprint density at radius 2 is 1.50 bits per heavy atom. The Hall–Kier alpha value is -2.87. The van der Waals surface area contributed by atoms with Crippen LogP contribution in [0.2, 0.25) is 0 Å². The lowest BCUT2D eigenvalue weighted by atomic mass is 10.1. The number of nitrogens with zero attached hydrogens (tertiary/aromatic N) is 2. The monoisotopic (exact) mass is 487 g/mol. The number of amides is 2. The van der Waals surface area contributed by atoms with Crippen molar-refractivity contribution in [1.29, 1.82) is 0 Å². The lowest BCUT2D eigenvalue weighted by molar-refractivity contribution is -0.141. The molecule has 0 unspecified atom stereocenters. The number of nitrogens with one attached hydrogen (secondary N) is 1. The van der Waals surface area contributed by atoms with E-state index in [0.717, 1.165) is 16.7 Å². The minimum absolute atomic E-state index is 0.139. The first kappa shape index (κ1) is 27.4. The molecule has 0 aliphatic heterocycles. The summed E-state index contributed by atoms with van der Waals surface area (Å²) in [4.78, 5) is 27.6. The Morgan fingerprint density at radius 3 is 2.00 bits per heavy atom. The second kappa shape index (κ2) is 12.6. The van der Waals surface area contributed by atoms with Crippen molar-refractivity contribution in [2.24, 2.45) is 0 Å². The molecule has 2 aromatic carbocycles. The number of sulfonamides is 1. The van der Waals surface area contributed by atoms with Crippen molar-refractivity contribution in [1.82, 2.24) is 10.2 Å². The van der Waals surface area contributed by atoms with Gasteiger partial charge in [0.15, 0.2) is 0 Å². The molecule has 0 radical (unpaired) electrons. The normalized spacial score (nSPS) is 12.1. The van der Waals surface area contributed by atoms with Crippen molar-refractivity contribution in [2.75, 3.05) is 23.7 Å². The van der Waals surface area contributed by atoms with Gasteiger partial charge in [0.25, 0.3) is 0 Å². The van der Waals surface area contributed by atoms with Crippen LogP contribution in [0.4, 0.5) is 5.69 Å². The molecule has 0 saturated heterocycles. The van der Waals surface area contributed by atoms with E-state index in [-0.39, 0.29) is 24.8 Å². The van der Waals surface area contributed by atoms with E-state index in [1.165, 1.54) is 10.6 Å². The number of aryl methyl sites for hydroxylation is 2. The molecule has 2 amide bonds. The van der Waals surface area contributed by atoms with Gasteiger partial charge in [-0.05, 0) is 51.3 Å². The van der Waals surface area contributed by atoms with Crippen LogP contribution in [0, 0.1) is 13.8 Å². The average Bonchev–Trinajstić information content (AvgIpc) is 2.78. The van der Waals surface area contributed by atoms with Crippen LogP contribution in [-0.2, 0) is 26.2 Å². The lowest BCUT2D eigenvalue weighted by Crippen LogP contribution is -2.49. The zero-order valence-corrected chi connectivity index (χ0v) is 21.7. The molecule has 0 heterocycles. The zero-order valence-electron chi connectivity index (χ0n) is 20.9. The minimum Gasteiger partial charge on any atom is -0.355 e. The van der Waals surface area contributed by atoms with Gasteiger partial charge in [0, 0.05) is 26.1 Å². The molecule has 2 aromatic rings. The highest BCUT2D eigenvalue weighted by Crippen LogP contribution is 2.20. The highest BCUT2D eigenvalue weighted by molar-refractivity contribution is 7.92. The lowest BCUT2D eigenvalue weighted by Gasteiger charge is -2.31. The van der Waals surface area contributed by atoms with Gasteiger partial charge in [0.1, 0.15) is 6.04 Å². The fourth-order valence-corrected chi connectivity index (χ4v) is 4.78. The highest BCUT2D eigenvalue weighted by Gasteiger charge is 2.28. The topological polar surface area (TPSA) is 86.8 Å². The van der Waals surface area contributed by atoms with E-state index in [0.29, 0.717) is 31.6 Å². The molecular weight excluding hydrogens is 450 g/mol. The summed E-state index contributed by atoms with van der Waals surface area (Å²) < 4.78 is 26.1. The van der Waals surface area contributed by atoms with Crippen molar-refractivity contribution in [3.63, 3.8) is 0 Å². The van der Waals surface area contributed by atoms with Gasteiger partial charge in [-0.1, -0.05) is 54.4 Å². The van der Waals surface area contributed by atoms with Crippen LogP contribution in [0.5, 0.6) is 0 Å². The predicted molar refractivity (Wildman–Crippen MR) is 137 cm³/mol. The van der Waals surface area contributed by atoms with Crippen LogP contribution in [0.1, 0.15) is 49.8 Å². The molecule has 7 nitrogen and oxygen atoms in total. The Kier molecular flexibility index (Phi) is 10.1. The van der Waals surface area contributed by atoms with E-state index in [2.05, 4.69) is 5.32 Å². The third-order valence-corrected chi connectivity index (χ3v) is 6.88. The SMILES string of the molecule is CCNC(=O)[C@@H](CC)N(Cc1ccc(C)cc1)C(=O)CCCN(c1ccc(C)cc1)S(C)(=O)=O. The molecule has 1 atom stereocenters. The van der Waals surface area contributed by atoms with Gasteiger partial charge < -0.3 is 10.2 Å². The average molecular weight is 488 g/mol. The number of benzene rings is 2. The molecule has 0 aliphatic rings. The Bertz CT molecular complexity index is 1050. The molecule has 0 aliphatic carbocycles. The van der Waals surface area contributed by atoms with E-state index in [1.54, 1.807) is 17.0 Å². The van der Waals surface area contributed by atoms with Gasteiger partial charge in [0.05, 0.1) is 11.9 Å². The summed E-state index contributed by atoms with van der Waals surface area (Å²) in [6, 6.07) is 14.6. The van der Waals surface area contributed by atoms with Crippen LogP contribution in [0.3, 0.4) is 0 Å². The number of carbonyl (C=O) groups is 2. The van der Waals surface area contributed by atoms with E-state index < -0.39 is 16.1 Å². The van der Waals surface area contributed by atoms with Gasteiger partial charge in [-0.3, -0.25) is 13.9 Å². The standard InChI is InChI=1S/C26H37N3O4S/c1-6-24(26(31)27-7-2)28(19-22-14-10-20(3)11-15-22)25(30)9-8-18-29(34(5,32)33)23-16-12-21(4)13-17-23/h10-17,24H,6-9,18-19H2,1-5H3,(H,27,31)/t24-/m1/s1. The molecule has 34 heavy (non-hydrogen) atoms. The maximum Gasteiger partial charge on any atom is 0.242 e. The molecule has 1 N–H and O–H groups in total. The van der Waals surface area contributed by atoms with Gasteiger partial charge in [-0.15, -0.1) is 0 Å². The molecule has 0 saturated carbocycles. The third-order valence-electron chi connectivity index (χ3n) is 5.68. The number of anilines is 1. The van der Waals surface area contributed by atoms with Crippen molar-refractivity contribution in [3.05, 3.63) is 65.2 Å². The largest absolute Gasteiger partial charge is 0.355 e. The summed E-state index contributed by atoms with van der Waals surface area (Å²) >= 11 is 0. The molecule has 0 fully saturated rings. The van der Waals surface area contributed by atoms with E-state index >= 15 is 0 Å². The summed E-state index contributed by atoms with van der Waals surface area (Å²) in [6.45, 7) is 8.67. The Balaban J connectivity index is 2.18. The van der Waals surface area contributed by atoms with E-state index in [4.69, 9.17) is 0 Å².